The number of para-hydroxylation sites is 1. The van der Waals surface area contributed by atoms with E-state index in [9.17, 15) is 4.79 Å². The fraction of sp³-hybridized carbons (Fsp3) is 0.158. The highest BCUT2D eigenvalue weighted by atomic mass is 16.7. The summed E-state index contributed by atoms with van der Waals surface area (Å²) in [7, 11) is 0. The van der Waals surface area contributed by atoms with Gasteiger partial charge in [0.25, 0.3) is 5.91 Å². The Balaban J connectivity index is 1.64. The maximum atomic E-state index is 12.7. The summed E-state index contributed by atoms with van der Waals surface area (Å²) in [6.45, 7) is 2.16. The predicted molar refractivity (Wildman–Crippen MR) is 90.2 cm³/mol. The second-order valence-electron chi connectivity index (χ2n) is 6.11. The Hall–Kier alpha value is -3.28. The molecule has 0 radical (unpaired) electrons. The second kappa shape index (κ2) is 5.11. The molecule has 1 amide bonds. The summed E-state index contributed by atoms with van der Waals surface area (Å²) in [6.07, 6.45) is 0. The van der Waals surface area contributed by atoms with Gasteiger partial charge in [-0.15, -0.1) is 0 Å². The van der Waals surface area contributed by atoms with E-state index >= 15 is 0 Å². The van der Waals surface area contributed by atoms with Crippen LogP contribution in [-0.4, -0.2) is 22.5 Å². The Morgan fingerprint density at radius 2 is 1.92 bits per heavy atom. The molecule has 6 nitrogen and oxygen atoms in total. The van der Waals surface area contributed by atoms with Gasteiger partial charge >= 0.3 is 0 Å². The van der Waals surface area contributed by atoms with Crippen molar-refractivity contribution in [3.8, 4) is 17.2 Å². The molecule has 1 atom stereocenters. The largest absolute Gasteiger partial charge is 0.454 e. The molecule has 0 fully saturated rings. The minimum absolute atomic E-state index is 0.123. The normalized spacial score (nSPS) is 17.5. The fourth-order valence-electron chi connectivity index (χ4n) is 3.47. The van der Waals surface area contributed by atoms with Gasteiger partial charge in [-0.05, 0) is 36.8 Å². The average molecular weight is 333 g/mol. The van der Waals surface area contributed by atoms with Gasteiger partial charge in [-0.1, -0.05) is 24.3 Å². The van der Waals surface area contributed by atoms with Gasteiger partial charge in [0, 0.05) is 5.56 Å². The maximum Gasteiger partial charge on any atom is 0.271 e. The topological polar surface area (TPSA) is 65.4 Å². The molecular weight excluding hydrogens is 318 g/mol. The summed E-state index contributed by atoms with van der Waals surface area (Å²) >= 11 is 0. The van der Waals surface area contributed by atoms with E-state index in [2.05, 4.69) is 10.4 Å². The van der Waals surface area contributed by atoms with Crippen LogP contribution in [-0.2, 0) is 0 Å². The fourth-order valence-corrected chi connectivity index (χ4v) is 3.47. The first-order valence-electron chi connectivity index (χ1n) is 8.08. The molecule has 1 aromatic heterocycles. The number of hydrogen-bond donors (Lipinski definition) is 1. The van der Waals surface area contributed by atoms with Gasteiger partial charge in [-0.2, -0.15) is 5.10 Å². The zero-order valence-electron chi connectivity index (χ0n) is 13.5. The Morgan fingerprint density at radius 1 is 1.12 bits per heavy atom. The highest BCUT2D eigenvalue weighted by Gasteiger charge is 2.37. The van der Waals surface area contributed by atoms with Crippen molar-refractivity contribution in [2.24, 2.45) is 0 Å². The zero-order chi connectivity index (χ0) is 17.0. The molecule has 0 aliphatic carbocycles. The molecule has 3 heterocycles. The third-order valence-corrected chi connectivity index (χ3v) is 4.62. The van der Waals surface area contributed by atoms with Crippen LogP contribution in [0.2, 0.25) is 0 Å². The Morgan fingerprint density at radius 3 is 2.76 bits per heavy atom. The zero-order valence-corrected chi connectivity index (χ0v) is 13.5. The van der Waals surface area contributed by atoms with Crippen molar-refractivity contribution in [2.45, 2.75) is 13.0 Å². The van der Waals surface area contributed by atoms with Crippen molar-refractivity contribution in [2.75, 3.05) is 6.79 Å². The third kappa shape index (κ3) is 2.04. The van der Waals surface area contributed by atoms with Crippen LogP contribution in [0, 0.1) is 6.92 Å². The van der Waals surface area contributed by atoms with Gasteiger partial charge in [0.2, 0.25) is 6.79 Å². The van der Waals surface area contributed by atoms with E-state index in [0.717, 1.165) is 28.3 Å². The molecule has 1 N–H and O–H groups in total. The van der Waals surface area contributed by atoms with Crippen molar-refractivity contribution in [3.63, 3.8) is 0 Å². The Bertz CT molecular complexity index is 995. The van der Waals surface area contributed by atoms with Gasteiger partial charge in [0.05, 0.1) is 17.4 Å². The number of ether oxygens (including phenoxy) is 2. The van der Waals surface area contributed by atoms with E-state index < -0.39 is 0 Å². The monoisotopic (exact) mass is 333 g/mol. The lowest BCUT2D eigenvalue weighted by Gasteiger charge is -2.12. The molecule has 5 rings (SSSR count). The quantitative estimate of drug-likeness (QED) is 0.783. The molecule has 2 aliphatic heterocycles. The summed E-state index contributed by atoms with van der Waals surface area (Å²) in [4.78, 5) is 12.7. The molecule has 124 valence electrons. The lowest BCUT2D eigenvalue weighted by molar-refractivity contribution is 0.0953. The van der Waals surface area contributed by atoms with Crippen LogP contribution >= 0.6 is 0 Å². The number of aromatic nitrogens is 2. The smallest absolute Gasteiger partial charge is 0.271 e. The SMILES string of the molecule is Cc1nn(-c2ccccc2)c2c1C(c1ccc3c(c1)OCO3)NC2=O. The first-order chi connectivity index (χ1) is 12.2. The first kappa shape index (κ1) is 14.1. The van der Waals surface area contributed by atoms with Gasteiger partial charge in [0.1, 0.15) is 5.69 Å². The standard InChI is InChI=1S/C19H15N3O3/c1-11-16-17(12-7-8-14-15(9-12)25-10-24-14)20-19(23)18(16)22(21-11)13-5-3-2-4-6-13/h2-9,17H,10H2,1H3,(H,20,23). The van der Waals surface area contributed by atoms with E-state index in [1.165, 1.54) is 0 Å². The van der Waals surface area contributed by atoms with E-state index in [0.29, 0.717) is 11.4 Å². The number of benzene rings is 2. The Kier molecular flexibility index (Phi) is 2.88. The molecule has 6 heteroatoms. The Labute approximate surface area is 144 Å². The van der Waals surface area contributed by atoms with Gasteiger partial charge in [0.15, 0.2) is 11.5 Å². The maximum absolute atomic E-state index is 12.7. The molecule has 0 saturated carbocycles. The van der Waals surface area contributed by atoms with Crippen LogP contribution in [0.4, 0.5) is 0 Å². The summed E-state index contributed by atoms with van der Waals surface area (Å²) in [5.41, 5.74) is 4.15. The lowest BCUT2D eigenvalue weighted by Crippen LogP contribution is -2.22. The molecule has 0 bridgehead atoms. The third-order valence-electron chi connectivity index (χ3n) is 4.62. The van der Waals surface area contributed by atoms with Crippen molar-refractivity contribution < 1.29 is 14.3 Å². The van der Waals surface area contributed by atoms with Crippen LogP contribution in [0.5, 0.6) is 11.5 Å². The number of amides is 1. The molecule has 2 aromatic carbocycles. The van der Waals surface area contributed by atoms with Crippen molar-refractivity contribution in [1.82, 2.24) is 15.1 Å². The lowest BCUT2D eigenvalue weighted by atomic mass is 9.99. The highest BCUT2D eigenvalue weighted by molar-refractivity contribution is 5.99. The number of carbonyl (C=O) groups excluding carboxylic acids is 1. The second-order valence-corrected chi connectivity index (χ2v) is 6.11. The number of nitrogens with one attached hydrogen (secondary N) is 1. The molecule has 3 aromatic rings. The average Bonchev–Trinajstić information content (AvgIpc) is 3.32. The summed E-state index contributed by atoms with van der Waals surface area (Å²) in [6, 6.07) is 15.2. The van der Waals surface area contributed by atoms with E-state index in [4.69, 9.17) is 9.47 Å². The van der Waals surface area contributed by atoms with E-state index in [1.54, 1.807) is 4.68 Å². The molecular formula is C19H15N3O3. The molecule has 1 unspecified atom stereocenters. The van der Waals surface area contributed by atoms with Crippen molar-refractivity contribution >= 4 is 5.91 Å². The minimum atomic E-state index is -0.241. The summed E-state index contributed by atoms with van der Waals surface area (Å²) in [5.74, 6) is 1.31. The molecule has 0 saturated heterocycles. The summed E-state index contributed by atoms with van der Waals surface area (Å²) in [5, 5.41) is 7.66. The van der Waals surface area contributed by atoms with Crippen molar-refractivity contribution in [3.05, 3.63) is 71.0 Å². The van der Waals surface area contributed by atoms with Gasteiger partial charge < -0.3 is 14.8 Å². The number of rotatable bonds is 2. The van der Waals surface area contributed by atoms with Crippen LogP contribution < -0.4 is 14.8 Å². The number of carbonyl (C=O) groups is 1. The first-order valence-corrected chi connectivity index (χ1v) is 8.08. The van der Waals surface area contributed by atoms with Gasteiger partial charge in [-0.25, -0.2) is 4.68 Å². The predicted octanol–water partition coefficient (Wildman–Crippen LogP) is 2.74. The summed E-state index contributed by atoms with van der Waals surface area (Å²) < 4.78 is 12.5. The highest BCUT2D eigenvalue weighted by Crippen LogP contribution is 2.39. The van der Waals surface area contributed by atoms with Crippen LogP contribution in [0.25, 0.3) is 5.69 Å². The van der Waals surface area contributed by atoms with Crippen molar-refractivity contribution in [1.29, 1.82) is 0 Å². The van der Waals surface area contributed by atoms with E-state index in [1.807, 2.05) is 55.5 Å². The molecule has 25 heavy (non-hydrogen) atoms. The number of aryl methyl sites for hydroxylation is 1. The number of hydrogen-bond acceptors (Lipinski definition) is 4. The van der Waals surface area contributed by atoms with Crippen LogP contribution in [0.1, 0.15) is 33.4 Å². The van der Waals surface area contributed by atoms with Crippen LogP contribution in [0.3, 0.4) is 0 Å². The molecule has 0 spiro atoms. The van der Waals surface area contributed by atoms with E-state index in [-0.39, 0.29) is 18.7 Å². The van der Waals surface area contributed by atoms with Crippen LogP contribution in [0.15, 0.2) is 48.5 Å². The number of fused-ring (bicyclic) bond motifs is 2. The van der Waals surface area contributed by atoms with Gasteiger partial charge in [-0.3, -0.25) is 4.79 Å². The minimum Gasteiger partial charge on any atom is -0.454 e. The number of nitrogens with zero attached hydrogens (tertiary/aromatic N) is 2. The molecule has 2 aliphatic rings.